The van der Waals surface area contributed by atoms with Crippen LogP contribution in [0.4, 0.5) is 11.4 Å². The number of carbonyl (C=O) groups is 1. The van der Waals surface area contributed by atoms with Crippen LogP contribution in [-0.4, -0.2) is 19.0 Å². The first-order chi connectivity index (χ1) is 14.2. The first-order valence-electron chi connectivity index (χ1n) is 11.2. The average molecular weight is 407 g/mol. The Hall–Kier alpha value is -2.00. The predicted molar refractivity (Wildman–Crippen MR) is 118 cm³/mol. The van der Waals surface area contributed by atoms with Crippen LogP contribution >= 0.6 is 11.6 Å². The van der Waals surface area contributed by atoms with Crippen molar-refractivity contribution in [3.05, 3.63) is 58.1 Å². The largest absolute Gasteiger partial charge is 0.370 e. The molecule has 150 valence electrons. The molecule has 2 aliphatic heterocycles. The number of amides is 1. The van der Waals surface area contributed by atoms with Gasteiger partial charge in [0.25, 0.3) is 5.91 Å². The third-order valence-corrected chi connectivity index (χ3v) is 8.13. The molecule has 4 atom stereocenters. The van der Waals surface area contributed by atoms with Gasteiger partial charge in [-0.05, 0) is 96.9 Å². The van der Waals surface area contributed by atoms with E-state index in [0.717, 1.165) is 17.5 Å². The lowest BCUT2D eigenvalue weighted by atomic mass is 9.75. The number of benzene rings is 2. The highest BCUT2D eigenvalue weighted by atomic mass is 35.5. The summed E-state index contributed by atoms with van der Waals surface area (Å²) >= 11 is 5.98. The van der Waals surface area contributed by atoms with Crippen LogP contribution in [0.15, 0.2) is 36.4 Å². The number of halogens is 1. The molecular formula is C25H27ClN2O. The molecule has 0 aromatic heterocycles. The monoisotopic (exact) mass is 406 g/mol. The van der Waals surface area contributed by atoms with Crippen molar-refractivity contribution in [2.24, 2.45) is 11.8 Å². The van der Waals surface area contributed by atoms with E-state index in [1.807, 2.05) is 0 Å². The maximum Gasteiger partial charge on any atom is 0.255 e. The van der Waals surface area contributed by atoms with E-state index in [-0.39, 0.29) is 5.91 Å². The van der Waals surface area contributed by atoms with Gasteiger partial charge in [-0.2, -0.15) is 0 Å². The minimum absolute atomic E-state index is 0.0526. The summed E-state index contributed by atoms with van der Waals surface area (Å²) in [6.45, 7) is 2.48. The summed E-state index contributed by atoms with van der Waals surface area (Å²) in [4.78, 5) is 15.6. The van der Waals surface area contributed by atoms with E-state index < -0.39 is 0 Å². The molecule has 0 unspecified atom stereocenters. The van der Waals surface area contributed by atoms with Gasteiger partial charge in [-0.3, -0.25) is 4.79 Å². The topological polar surface area (TPSA) is 32.3 Å². The second-order valence-corrected chi connectivity index (χ2v) is 9.90. The van der Waals surface area contributed by atoms with E-state index in [1.54, 1.807) is 24.3 Å². The van der Waals surface area contributed by atoms with E-state index in [4.69, 9.17) is 11.6 Å². The quantitative estimate of drug-likeness (QED) is 0.644. The van der Waals surface area contributed by atoms with Crippen LogP contribution in [0.3, 0.4) is 0 Å². The molecule has 1 amide bonds. The van der Waals surface area contributed by atoms with Crippen LogP contribution < -0.4 is 10.2 Å². The Morgan fingerprint density at radius 2 is 1.48 bits per heavy atom. The molecule has 4 aliphatic rings. The highest BCUT2D eigenvalue weighted by Gasteiger charge is 2.44. The van der Waals surface area contributed by atoms with Crippen molar-refractivity contribution in [2.75, 3.05) is 23.3 Å². The smallest absolute Gasteiger partial charge is 0.255 e. The van der Waals surface area contributed by atoms with E-state index in [0.29, 0.717) is 22.4 Å². The van der Waals surface area contributed by atoms with Crippen LogP contribution in [0, 0.1) is 11.8 Å². The van der Waals surface area contributed by atoms with Crippen molar-refractivity contribution < 1.29 is 4.79 Å². The van der Waals surface area contributed by atoms with Gasteiger partial charge >= 0.3 is 0 Å². The Kier molecular flexibility index (Phi) is 4.16. The molecule has 2 fully saturated rings. The summed E-state index contributed by atoms with van der Waals surface area (Å²) < 4.78 is 0. The molecule has 2 saturated carbocycles. The lowest BCUT2D eigenvalue weighted by molar-refractivity contribution is 0.102. The molecule has 4 heteroatoms. The summed E-state index contributed by atoms with van der Waals surface area (Å²) in [6, 6.07) is 11.7. The Bertz CT molecular complexity index is 924. The third-order valence-electron chi connectivity index (χ3n) is 7.88. The number of carbonyl (C=O) groups excluding carboxylic acids is 1. The van der Waals surface area contributed by atoms with Gasteiger partial charge in [0.1, 0.15) is 0 Å². The molecule has 0 radical (unpaired) electrons. The molecule has 2 aromatic carbocycles. The second-order valence-electron chi connectivity index (χ2n) is 9.46. The van der Waals surface area contributed by atoms with Crippen LogP contribution in [-0.2, 0) is 0 Å². The van der Waals surface area contributed by atoms with Gasteiger partial charge in [0.2, 0.25) is 0 Å². The van der Waals surface area contributed by atoms with Gasteiger partial charge in [-0.25, -0.2) is 0 Å². The zero-order chi connectivity index (χ0) is 19.5. The number of hydrogen-bond donors (Lipinski definition) is 1. The fraction of sp³-hybridized carbons (Fsp3) is 0.480. The van der Waals surface area contributed by atoms with Crippen molar-refractivity contribution in [3.63, 3.8) is 0 Å². The zero-order valence-electron chi connectivity index (χ0n) is 16.7. The number of hydrogen-bond acceptors (Lipinski definition) is 2. The van der Waals surface area contributed by atoms with Crippen LogP contribution in [0.5, 0.6) is 0 Å². The minimum atomic E-state index is -0.0526. The van der Waals surface area contributed by atoms with E-state index in [2.05, 4.69) is 22.3 Å². The van der Waals surface area contributed by atoms with Crippen LogP contribution in [0.1, 0.15) is 71.8 Å². The Balaban J connectivity index is 1.41. The molecule has 29 heavy (non-hydrogen) atoms. The summed E-state index contributed by atoms with van der Waals surface area (Å²) in [6.07, 6.45) is 7.98. The molecule has 0 bridgehead atoms. The number of fused-ring (bicyclic) bond motifs is 4. The molecule has 0 saturated heterocycles. The van der Waals surface area contributed by atoms with Gasteiger partial charge < -0.3 is 10.2 Å². The number of rotatable bonds is 2. The number of anilines is 2. The van der Waals surface area contributed by atoms with E-state index >= 15 is 0 Å². The van der Waals surface area contributed by atoms with Crippen molar-refractivity contribution in [2.45, 2.75) is 50.4 Å². The maximum atomic E-state index is 12.9. The van der Waals surface area contributed by atoms with Gasteiger partial charge in [-0.15, -0.1) is 0 Å². The van der Waals surface area contributed by atoms with E-state index in [9.17, 15) is 4.79 Å². The summed E-state index contributed by atoms with van der Waals surface area (Å²) in [5.41, 5.74) is 6.17. The van der Waals surface area contributed by atoms with Crippen molar-refractivity contribution in [1.29, 1.82) is 0 Å². The molecule has 6 rings (SSSR count). The van der Waals surface area contributed by atoms with Crippen molar-refractivity contribution in [3.8, 4) is 0 Å². The average Bonchev–Trinajstić information content (AvgIpc) is 3.38. The molecule has 1 N–H and O–H groups in total. The molecule has 2 aromatic rings. The highest BCUT2D eigenvalue weighted by molar-refractivity contribution is 6.30. The molecular weight excluding hydrogens is 380 g/mol. The van der Waals surface area contributed by atoms with E-state index in [1.165, 1.54) is 68.4 Å². The number of nitrogens with one attached hydrogen (secondary N) is 1. The standard InChI is InChI=1S/C25H27ClN2O/c26-18-9-7-15(8-10-18)25(29)27-19-11-22-20-5-1-3-16(20)13-28-14-17-4-2-6-21(17)23(12-19)24(22)28/h7-12,16-17,20-21H,1-6,13-14H2,(H,27,29)/t16-,17-,20-,21+/m1/s1. The van der Waals surface area contributed by atoms with Crippen molar-refractivity contribution in [1.82, 2.24) is 0 Å². The SMILES string of the molecule is O=C(Nc1cc2c3c(c1)[C@@H]1CCC[C@@H]1CN3C[C@H]1CCC[C@H]21)c1ccc(Cl)cc1. The molecule has 3 nitrogen and oxygen atoms in total. The fourth-order valence-corrected chi connectivity index (χ4v) is 6.77. The lowest BCUT2D eigenvalue weighted by Gasteiger charge is -2.46. The fourth-order valence-electron chi connectivity index (χ4n) is 6.64. The molecule has 2 aliphatic carbocycles. The van der Waals surface area contributed by atoms with Crippen LogP contribution in [0.25, 0.3) is 0 Å². The van der Waals surface area contributed by atoms with Gasteiger partial charge in [0.05, 0.1) is 0 Å². The van der Waals surface area contributed by atoms with Gasteiger partial charge in [0.15, 0.2) is 0 Å². The Morgan fingerprint density at radius 3 is 2.07 bits per heavy atom. The van der Waals surface area contributed by atoms with Gasteiger partial charge in [0, 0.05) is 35.1 Å². The van der Waals surface area contributed by atoms with Crippen LogP contribution in [0.2, 0.25) is 5.02 Å². The Labute approximate surface area is 177 Å². The number of nitrogens with zero attached hydrogens (tertiary/aromatic N) is 1. The summed E-state index contributed by atoms with van der Waals surface area (Å²) in [5, 5.41) is 3.85. The first-order valence-corrected chi connectivity index (χ1v) is 11.5. The minimum Gasteiger partial charge on any atom is -0.370 e. The first kappa shape index (κ1) is 17.8. The lowest BCUT2D eigenvalue weighted by Crippen LogP contribution is -2.43. The maximum absolute atomic E-state index is 12.9. The van der Waals surface area contributed by atoms with Crippen molar-refractivity contribution >= 4 is 28.9 Å². The van der Waals surface area contributed by atoms with Gasteiger partial charge in [-0.1, -0.05) is 24.4 Å². The summed E-state index contributed by atoms with van der Waals surface area (Å²) in [7, 11) is 0. The predicted octanol–water partition coefficient (Wildman–Crippen LogP) is 6.19. The highest BCUT2D eigenvalue weighted by Crippen LogP contribution is 2.56. The third kappa shape index (κ3) is 2.89. The molecule has 0 spiro atoms. The molecule has 2 heterocycles. The Morgan fingerprint density at radius 1 is 0.897 bits per heavy atom. The zero-order valence-corrected chi connectivity index (χ0v) is 17.4. The second kappa shape index (κ2) is 6.77. The normalized spacial score (nSPS) is 29.2. The summed E-state index contributed by atoms with van der Waals surface area (Å²) in [5.74, 6) is 2.87.